The van der Waals surface area contributed by atoms with Crippen LogP contribution in [-0.2, 0) is 0 Å². The summed E-state index contributed by atoms with van der Waals surface area (Å²) in [7, 11) is 0. The highest BCUT2D eigenvalue weighted by molar-refractivity contribution is 6.30. The second kappa shape index (κ2) is 6.18. The lowest BCUT2D eigenvalue weighted by atomic mass is 10.0. The molecule has 0 saturated carbocycles. The molecular weight excluding hydrogens is 287 g/mol. The van der Waals surface area contributed by atoms with Crippen molar-refractivity contribution in [1.82, 2.24) is 0 Å². The summed E-state index contributed by atoms with van der Waals surface area (Å²) in [5, 5.41) is 3.48. The molecule has 0 heterocycles. The summed E-state index contributed by atoms with van der Waals surface area (Å²) >= 11 is 5.81. The Labute approximate surface area is 120 Å². The van der Waals surface area contributed by atoms with Crippen LogP contribution in [0.25, 0.3) is 0 Å². The lowest BCUT2D eigenvalue weighted by Gasteiger charge is -2.19. The Balaban J connectivity index is 2.27. The van der Waals surface area contributed by atoms with E-state index in [-0.39, 0.29) is 11.7 Å². The van der Waals surface area contributed by atoms with Gasteiger partial charge in [0, 0.05) is 5.02 Å². The summed E-state index contributed by atoms with van der Waals surface area (Å²) in [5.41, 5.74) is 0.826. The fourth-order valence-corrected chi connectivity index (χ4v) is 2.07. The Bertz CT molecular complexity index is 599. The van der Waals surface area contributed by atoms with Crippen LogP contribution in [0.3, 0.4) is 0 Å². The second-order valence-corrected chi connectivity index (χ2v) is 4.82. The number of benzene rings is 2. The smallest absolute Gasteiger partial charge is 0.196 e. The van der Waals surface area contributed by atoms with Crippen molar-refractivity contribution in [3.8, 4) is 0 Å². The molecule has 2 aromatic rings. The number of hydrogen-bond donors (Lipinski definition) is 1. The van der Waals surface area contributed by atoms with E-state index in [1.54, 1.807) is 24.3 Å². The van der Waals surface area contributed by atoms with Crippen molar-refractivity contribution in [3.05, 3.63) is 64.4 Å². The van der Waals surface area contributed by atoms with Gasteiger partial charge in [-0.15, -0.1) is 0 Å². The van der Waals surface area contributed by atoms with Crippen LogP contribution in [0, 0.1) is 17.5 Å². The first kappa shape index (κ1) is 14.7. The Morgan fingerprint density at radius 1 is 1.00 bits per heavy atom. The Morgan fingerprint density at radius 2 is 1.65 bits per heavy atom. The van der Waals surface area contributed by atoms with E-state index in [4.69, 9.17) is 11.6 Å². The van der Waals surface area contributed by atoms with Gasteiger partial charge >= 0.3 is 0 Å². The molecule has 0 aromatic heterocycles. The van der Waals surface area contributed by atoms with E-state index >= 15 is 0 Å². The number of nitrogens with one attached hydrogen (secondary N) is 1. The zero-order valence-corrected chi connectivity index (χ0v) is 11.5. The van der Waals surface area contributed by atoms with E-state index in [0.29, 0.717) is 11.4 Å². The molecule has 0 aliphatic rings. The summed E-state index contributed by atoms with van der Waals surface area (Å²) in [4.78, 5) is 0. The van der Waals surface area contributed by atoms with Crippen molar-refractivity contribution in [3.63, 3.8) is 0 Å². The molecule has 0 spiro atoms. The molecule has 5 heteroatoms. The average molecular weight is 300 g/mol. The minimum absolute atomic E-state index is 0.0642. The van der Waals surface area contributed by atoms with Crippen molar-refractivity contribution >= 4 is 17.3 Å². The van der Waals surface area contributed by atoms with Gasteiger partial charge in [0.05, 0.1) is 11.7 Å². The zero-order chi connectivity index (χ0) is 14.7. The molecule has 0 aliphatic heterocycles. The number of rotatable bonds is 4. The highest BCUT2D eigenvalue weighted by atomic mass is 35.5. The summed E-state index contributed by atoms with van der Waals surface area (Å²) in [6.07, 6.45) is 0.653. The van der Waals surface area contributed by atoms with E-state index in [1.165, 1.54) is 6.07 Å². The molecule has 1 unspecified atom stereocenters. The van der Waals surface area contributed by atoms with E-state index in [2.05, 4.69) is 5.32 Å². The fourth-order valence-electron chi connectivity index (χ4n) is 1.94. The molecule has 2 rings (SSSR count). The fraction of sp³-hybridized carbons (Fsp3) is 0.200. The van der Waals surface area contributed by atoms with Crippen molar-refractivity contribution in [1.29, 1.82) is 0 Å². The molecule has 1 N–H and O–H groups in total. The SMILES string of the molecule is CCC(Nc1ccc(F)c(F)c1F)c1ccc(Cl)cc1. The Morgan fingerprint density at radius 3 is 2.25 bits per heavy atom. The summed E-state index contributed by atoms with van der Waals surface area (Å²) < 4.78 is 39.7. The zero-order valence-electron chi connectivity index (χ0n) is 10.8. The molecule has 0 radical (unpaired) electrons. The molecule has 2 aromatic carbocycles. The molecule has 106 valence electrons. The minimum atomic E-state index is -1.47. The number of anilines is 1. The first-order valence-electron chi connectivity index (χ1n) is 6.18. The van der Waals surface area contributed by atoms with E-state index in [9.17, 15) is 13.2 Å². The lowest BCUT2D eigenvalue weighted by molar-refractivity contribution is 0.448. The van der Waals surface area contributed by atoms with Crippen molar-refractivity contribution in [2.75, 3.05) is 5.32 Å². The van der Waals surface area contributed by atoms with Crippen molar-refractivity contribution in [2.45, 2.75) is 19.4 Å². The van der Waals surface area contributed by atoms with Gasteiger partial charge in [0.25, 0.3) is 0 Å². The van der Waals surface area contributed by atoms with Crippen LogP contribution in [0.2, 0.25) is 5.02 Å². The summed E-state index contributed by atoms with van der Waals surface area (Å²) in [6.45, 7) is 1.91. The molecule has 0 amide bonds. The third-order valence-electron chi connectivity index (χ3n) is 3.05. The minimum Gasteiger partial charge on any atom is -0.376 e. The Hall–Kier alpha value is -1.68. The van der Waals surface area contributed by atoms with Gasteiger partial charge in [-0.2, -0.15) is 0 Å². The van der Waals surface area contributed by atoms with Crippen LogP contribution in [0.15, 0.2) is 36.4 Å². The van der Waals surface area contributed by atoms with Crippen LogP contribution in [0.1, 0.15) is 24.9 Å². The van der Waals surface area contributed by atoms with Crippen molar-refractivity contribution in [2.24, 2.45) is 0 Å². The molecule has 0 bridgehead atoms. The maximum Gasteiger partial charge on any atom is 0.196 e. The maximum atomic E-state index is 13.6. The number of halogens is 4. The van der Waals surface area contributed by atoms with Crippen LogP contribution >= 0.6 is 11.6 Å². The molecule has 20 heavy (non-hydrogen) atoms. The van der Waals surface area contributed by atoms with Gasteiger partial charge < -0.3 is 5.32 Å². The van der Waals surface area contributed by atoms with Crippen LogP contribution in [0.5, 0.6) is 0 Å². The van der Waals surface area contributed by atoms with E-state index in [1.807, 2.05) is 6.92 Å². The van der Waals surface area contributed by atoms with Crippen LogP contribution in [0.4, 0.5) is 18.9 Å². The molecule has 0 saturated heterocycles. The van der Waals surface area contributed by atoms with Gasteiger partial charge in [0.15, 0.2) is 17.5 Å². The third kappa shape index (κ3) is 3.07. The standard InChI is InChI=1S/C15H13ClF3N/c1-2-12(9-3-5-10(16)6-4-9)20-13-8-7-11(17)14(18)15(13)19/h3-8,12,20H,2H2,1H3. The van der Waals surface area contributed by atoms with Crippen LogP contribution < -0.4 is 5.32 Å². The van der Waals surface area contributed by atoms with Gasteiger partial charge in [-0.1, -0.05) is 30.7 Å². The highest BCUT2D eigenvalue weighted by Gasteiger charge is 2.16. The molecular formula is C15H13ClF3N. The van der Waals surface area contributed by atoms with Gasteiger partial charge in [-0.3, -0.25) is 0 Å². The molecule has 0 aliphatic carbocycles. The average Bonchev–Trinajstić information content (AvgIpc) is 2.45. The predicted octanol–water partition coefficient (Wildman–Crippen LogP) is 5.32. The lowest BCUT2D eigenvalue weighted by Crippen LogP contribution is -2.11. The molecule has 0 fully saturated rings. The monoisotopic (exact) mass is 299 g/mol. The van der Waals surface area contributed by atoms with E-state index in [0.717, 1.165) is 11.6 Å². The van der Waals surface area contributed by atoms with E-state index < -0.39 is 17.5 Å². The summed E-state index contributed by atoms with van der Waals surface area (Å²) in [5.74, 6) is -3.88. The normalized spacial score (nSPS) is 12.2. The van der Waals surface area contributed by atoms with Gasteiger partial charge in [0.1, 0.15) is 0 Å². The number of hydrogen-bond acceptors (Lipinski definition) is 1. The maximum absolute atomic E-state index is 13.6. The first-order valence-corrected chi connectivity index (χ1v) is 6.56. The topological polar surface area (TPSA) is 12.0 Å². The predicted molar refractivity (Wildman–Crippen MR) is 74.4 cm³/mol. The first-order chi connectivity index (χ1) is 9.52. The third-order valence-corrected chi connectivity index (χ3v) is 3.30. The second-order valence-electron chi connectivity index (χ2n) is 4.38. The van der Waals surface area contributed by atoms with Gasteiger partial charge in [-0.05, 0) is 36.2 Å². The van der Waals surface area contributed by atoms with Gasteiger partial charge in [-0.25, -0.2) is 13.2 Å². The molecule has 1 nitrogen and oxygen atoms in total. The highest BCUT2D eigenvalue weighted by Crippen LogP contribution is 2.27. The largest absolute Gasteiger partial charge is 0.376 e. The van der Waals surface area contributed by atoms with Crippen LogP contribution in [-0.4, -0.2) is 0 Å². The van der Waals surface area contributed by atoms with Gasteiger partial charge in [0.2, 0.25) is 0 Å². The van der Waals surface area contributed by atoms with Crippen molar-refractivity contribution < 1.29 is 13.2 Å². The summed E-state index contributed by atoms with van der Waals surface area (Å²) in [6, 6.07) is 8.93. The molecule has 1 atom stereocenters. The quantitative estimate of drug-likeness (QED) is 0.753. The Kier molecular flexibility index (Phi) is 4.55.